The molecule has 0 N–H and O–H groups in total. The Morgan fingerprint density at radius 1 is 1.31 bits per heavy atom. The summed E-state index contributed by atoms with van der Waals surface area (Å²) in [6.07, 6.45) is 0.321. The van der Waals surface area contributed by atoms with Crippen molar-refractivity contribution in [2.75, 3.05) is 6.61 Å². The van der Waals surface area contributed by atoms with Crippen LogP contribution in [0.25, 0.3) is 0 Å². The Morgan fingerprint density at radius 2 is 1.92 bits per heavy atom. The molecule has 0 saturated heterocycles. The first-order valence-corrected chi connectivity index (χ1v) is 4.45. The molecule has 0 heterocycles. The SMILES string of the molecule is N#CCCOc1c(Cl)cccc1Cl. The number of nitriles is 1. The zero-order valence-corrected chi connectivity index (χ0v) is 8.27. The summed E-state index contributed by atoms with van der Waals surface area (Å²) >= 11 is 11.6. The summed E-state index contributed by atoms with van der Waals surface area (Å²) in [5.41, 5.74) is 0. The van der Waals surface area contributed by atoms with Crippen LogP contribution in [0.3, 0.4) is 0 Å². The Kier molecular flexibility index (Phi) is 3.88. The molecular weight excluding hydrogens is 209 g/mol. The third-order valence-corrected chi connectivity index (χ3v) is 1.97. The fraction of sp³-hybridized carbons (Fsp3) is 0.222. The summed E-state index contributed by atoms with van der Waals surface area (Å²) in [5.74, 6) is 0.445. The second-order valence-corrected chi connectivity index (χ2v) is 3.12. The smallest absolute Gasteiger partial charge is 0.156 e. The van der Waals surface area contributed by atoms with Crippen LogP contribution in [0, 0.1) is 11.3 Å². The minimum Gasteiger partial charge on any atom is -0.489 e. The van der Waals surface area contributed by atoms with E-state index in [1.165, 1.54) is 0 Å². The zero-order chi connectivity index (χ0) is 9.68. The average Bonchev–Trinajstić information content (AvgIpc) is 2.10. The lowest BCUT2D eigenvalue weighted by molar-refractivity contribution is 0.327. The number of halogens is 2. The van der Waals surface area contributed by atoms with Crippen molar-refractivity contribution in [3.05, 3.63) is 28.2 Å². The van der Waals surface area contributed by atoms with Crippen molar-refractivity contribution < 1.29 is 4.74 Å². The molecule has 0 aromatic heterocycles. The highest BCUT2D eigenvalue weighted by Crippen LogP contribution is 2.32. The van der Waals surface area contributed by atoms with Gasteiger partial charge in [-0.15, -0.1) is 0 Å². The third-order valence-electron chi connectivity index (χ3n) is 1.38. The lowest BCUT2D eigenvalue weighted by Gasteiger charge is -2.07. The molecule has 0 spiro atoms. The van der Waals surface area contributed by atoms with E-state index >= 15 is 0 Å². The van der Waals surface area contributed by atoms with Crippen LogP contribution in [-0.4, -0.2) is 6.61 Å². The minimum absolute atomic E-state index is 0.306. The first-order chi connectivity index (χ1) is 6.25. The van der Waals surface area contributed by atoms with E-state index in [9.17, 15) is 0 Å². The summed E-state index contributed by atoms with van der Waals surface area (Å²) in [6, 6.07) is 7.08. The summed E-state index contributed by atoms with van der Waals surface area (Å²) in [6.45, 7) is 0.306. The van der Waals surface area contributed by atoms with Crippen molar-refractivity contribution >= 4 is 23.2 Å². The van der Waals surface area contributed by atoms with E-state index in [0.29, 0.717) is 28.8 Å². The van der Waals surface area contributed by atoms with Gasteiger partial charge in [-0.1, -0.05) is 29.3 Å². The number of rotatable bonds is 3. The molecule has 0 bridgehead atoms. The molecule has 0 fully saturated rings. The van der Waals surface area contributed by atoms with Crippen LogP contribution in [0.15, 0.2) is 18.2 Å². The second-order valence-electron chi connectivity index (χ2n) is 2.31. The highest BCUT2D eigenvalue weighted by atomic mass is 35.5. The van der Waals surface area contributed by atoms with Crippen molar-refractivity contribution in [3.8, 4) is 11.8 Å². The van der Waals surface area contributed by atoms with Gasteiger partial charge in [0.05, 0.1) is 22.5 Å². The van der Waals surface area contributed by atoms with Gasteiger partial charge in [-0.25, -0.2) is 0 Å². The quantitative estimate of drug-likeness (QED) is 0.726. The van der Waals surface area contributed by atoms with Crippen LogP contribution in [0.4, 0.5) is 0 Å². The zero-order valence-electron chi connectivity index (χ0n) is 6.76. The van der Waals surface area contributed by atoms with E-state index < -0.39 is 0 Å². The third kappa shape index (κ3) is 2.80. The number of nitrogens with zero attached hydrogens (tertiary/aromatic N) is 1. The van der Waals surface area contributed by atoms with Gasteiger partial charge in [0.1, 0.15) is 6.61 Å². The van der Waals surface area contributed by atoms with Crippen LogP contribution >= 0.6 is 23.2 Å². The first-order valence-electron chi connectivity index (χ1n) is 3.69. The fourth-order valence-corrected chi connectivity index (χ4v) is 1.33. The van der Waals surface area contributed by atoms with Crippen LogP contribution < -0.4 is 4.74 Å². The van der Waals surface area contributed by atoms with Crippen LogP contribution in [0.5, 0.6) is 5.75 Å². The predicted octanol–water partition coefficient (Wildman–Crippen LogP) is 3.29. The molecule has 2 nitrogen and oxygen atoms in total. The van der Waals surface area contributed by atoms with Crippen molar-refractivity contribution in [1.82, 2.24) is 0 Å². The first kappa shape index (κ1) is 10.2. The summed E-state index contributed by atoms with van der Waals surface area (Å²) in [5, 5.41) is 9.21. The topological polar surface area (TPSA) is 33.0 Å². The van der Waals surface area contributed by atoms with Crippen LogP contribution in [0.2, 0.25) is 10.0 Å². The molecule has 1 rings (SSSR count). The van der Waals surface area contributed by atoms with Crippen molar-refractivity contribution in [3.63, 3.8) is 0 Å². The van der Waals surface area contributed by atoms with E-state index in [1.54, 1.807) is 18.2 Å². The molecule has 4 heteroatoms. The van der Waals surface area contributed by atoms with Gasteiger partial charge in [-0.2, -0.15) is 5.26 Å². The van der Waals surface area contributed by atoms with Gasteiger partial charge >= 0.3 is 0 Å². The molecule has 1 aromatic carbocycles. The molecular formula is C9H7Cl2NO. The molecule has 0 aliphatic rings. The van der Waals surface area contributed by atoms with E-state index in [2.05, 4.69) is 0 Å². The Balaban J connectivity index is 2.71. The maximum atomic E-state index is 8.29. The molecule has 0 aliphatic heterocycles. The van der Waals surface area contributed by atoms with Gasteiger partial charge in [-0.3, -0.25) is 0 Å². The number of hydrogen-bond acceptors (Lipinski definition) is 2. The van der Waals surface area contributed by atoms with E-state index in [-0.39, 0.29) is 0 Å². The maximum Gasteiger partial charge on any atom is 0.156 e. The van der Waals surface area contributed by atoms with Gasteiger partial charge in [0.2, 0.25) is 0 Å². The number of ether oxygens (including phenoxy) is 1. The summed E-state index contributed by atoms with van der Waals surface area (Å²) in [4.78, 5) is 0. The standard InChI is InChI=1S/C9H7Cl2NO/c10-7-3-1-4-8(11)9(7)13-6-2-5-12/h1,3-4H,2,6H2. The summed E-state index contributed by atoms with van der Waals surface area (Å²) < 4.78 is 5.22. The fourth-order valence-electron chi connectivity index (χ4n) is 0.819. The largest absolute Gasteiger partial charge is 0.489 e. The monoisotopic (exact) mass is 215 g/mol. The molecule has 13 heavy (non-hydrogen) atoms. The maximum absolute atomic E-state index is 8.29. The molecule has 0 unspecified atom stereocenters. The molecule has 0 aliphatic carbocycles. The highest BCUT2D eigenvalue weighted by molar-refractivity contribution is 6.37. The van der Waals surface area contributed by atoms with Gasteiger partial charge in [0, 0.05) is 0 Å². The van der Waals surface area contributed by atoms with Gasteiger partial charge in [0.25, 0.3) is 0 Å². The molecule has 68 valence electrons. The lowest BCUT2D eigenvalue weighted by Crippen LogP contribution is -1.96. The van der Waals surface area contributed by atoms with Crippen molar-refractivity contribution in [2.45, 2.75) is 6.42 Å². The van der Waals surface area contributed by atoms with Crippen molar-refractivity contribution in [2.24, 2.45) is 0 Å². The van der Waals surface area contributed by atoms with Gasteiger partial charge in [0.15, 0.2) is 5.75 Å². The average molecular weight is 216 g/mol. The molecule has 0 amide bonds. The Bertz CT molecular complexity index is 313. The number of benzene rings is 1. The Morgan fingerprint density at radius 3 is 2.46 bits per heavy atom. The van der Waals surface area contributed by atoms with E-state index in [4.69, 9.17) is 33.2 Å². The minimum atomic E-state index is 0.306. The molecule has 1 aromatic rings. The predicted molar refractivity (Wildman–Crippen MR) is 52.2 cm³/mol. The number of hydrogen-bond donors (Lipinski definition) is 0. The highest BCUT2D eigenvalue weighted by Gasteiger charge is 2.05. The lowest BCUT2D eigenvalue weighted by atomic mass is 10.3. The summed E-state index contributed by atoms with van der Waals surface area (Å²) in [7, 11) is 0. The van der Waals surface area contributed by atoms with Gasteiger partial charge in [-0.05, 0) is 12.1 Å². The van der Waals surface area contributed by atoms with Crippen LogP contribution in [-0.2, 0) is 0 Å². The van der Waals surface area contributed by atoms with E-state index in [0.717, 1.165) is 0 Å². The van der Waals surface area contributed by atoms with Crippen molar-refractivity contribution in [1.29, 1.82) is 5.26 Å². The molecule has 0 radical (unpaired) electrons. The molecule has 0 saturated carbocycles. The number of para-hydroxylation sites is 1. The molecule has 0 atom stereocenters. The Hall–Kier alpha value is -0.910. The second kappa shape index (κ2) is 4.96. The Labute approximate surface area is 86.6 Å². The van der Waals surface area contributed by atoms with Crippen LogP contribution in [0.1, 0.15) is 6.42 Å². The van der Waals surface area contributed by atoms with Gasteiger partial charge < -0.3 is 4.74 Å². The normalized spacial score (nSPS) is 9.31. The van der Waals surface area contributed by atoms with E-state index in [1.807, 2.05) is 6.07 Å².